The van der Waals surface area contributed by atoms with E-state index in [1.54, 1.807) is 24.3 Å². The topological polar surface area (TPSA) is 92.7 Å². The van der Waals surface area contributed by atoms with Crippen molar-refractivity contribution in [3.63, 3.8) is 0 Å². The minimum Gasteiger partial charge on any atom is -0.484 e. The molecule has 0 unspecified atom stereocenters. The van der Waals surface area contributed by atoms with Crippen LogP contribution in [0.15, 0.2) is 24.3 Å². The summed E-state index contributed by atoms with van der Waals surface area (Å²) in [5.74, 6) is -1.15. The highest BCUT2D eigenvalue weighted by Crippen LogP contribution is 2.13. The molecular formula is C16H21NO5. The SMILES string of the molecule is CC(=O)c1cccc(OCC(=O)N[C@H](CC(C)C)C(=O)O)c1. The molecule has 0 heterocycles. The summed E-state index contributed by atoms with van der Waals surface area (Å²) in [6.45, 7) is 4.90. The van der Waals surface area contributed by atoms with Gasteiger partial charge >= 0.3 is 5.97 Å². The zero-order valence-electron chi connectivity index (χ0n) is 13.0. The molecule has 0 saturated heterocycles. The average molecular weight is 307 g/mol. The molecule has 0 aliphatic rings. The maximum absolute atomic E-state index is 11.8. The van der Waals surface area contributed by atoms with Gasteiger partial charge in [0.15, 0.2) is 12.4 Å². The molecule has 0 bridgehead atoms. The second-order valence-corrected chi connectivity index (χ2v) is 5.46. The lowest BCUT2D eigenvalue weighted by Crippen LogP contribution is -2.43. The third kappa shape index (κ3) is 5.95. The van der Waals surface area contributed by atoms with Crippen LogP contribution >= 0.6 is 0 Å². The van der Waals surface area contributed by atoms with Crippen LogP contribution in [0.5, 0.6) is 5.75 Å². The Balaban J connectivity index is 2.56. The normalized spacial score (nSPS) is 11.8. The molecule has 1 atom stereocenters. The summed E-state index contributed by atoms with van der Waals surface area (Å²) < 4.78 is 5.29. The molecule has 1 aromatic rings. The zero-order chi connectivity index (χ0) is 16.7. The number of hydrogen-bond acceptors (Lipinski definition) is 4. The summed E-state index contributed by atoms with van der Waals surface area (Å²) in [6, 6.07) is 5.54. The monoisotopic (exact) mass is 307 g/mol. The molecule has 2 N–H and O–H groups in total. The fourth-order valence-electron chi connectivity index (χ4n) is 1.88. The molecule has 0 aromatic heterocycles. The summed E-state index contributed by atoms with van der Waals surface area (Å²) >= 11 is 0. The molecule has 22 heavy (non-hydrogen) atoms. The van der Waals surface area contributed by atoms with Crippen LogP contribution in [0.2, 0.25) is 0 Å². The Morgan fingerprint density at radius 3 is 2.50 bits per heavy atom. The number of benzene rings is 1. The smallest absolute Gasteiger partial charge is 0.326 e. The van der Waals surface area contributed by atoms with Crippen molar-refractivity contribution in [1.82, 2.24) is 5.32 Å². The predicted octanol–water partition coefficient (Wildman–Crippen LogP) is 1.88. The van der Waals surface area contributed by atoms with Crippen LogP contribution in [0.3, 0.4) is 0 Å². The first-order valence-corrected chi connectivity index (χ1v) is 7.05. The molecule has 0 fully saturated rings. The molecule has 1 rings (SSSR count). The van der Waals surface area contributed by atoms with Crippen molar-refractivity contribution in [2.24, 2.45) is 5.92 Å². The number of nitrogens with one attached hydrogen (secondary N) is 1. The molecular weight excluding hydrogens is 286 g/mol. The number of amides is 1. The Morgan fingerprint density at radius 1 is 1.27 bits per heavy atom. The van der Waals surface area contributed by atoms with Crippen molar-refractivity contribution in [1.29, 1.82) is 0 Å². The van der Waals surface area contributed by atoms with Crippen LogP contribution in [0, 0.1) is 5.92 Å². The molecule has 6 heteroatoms. The molecule has 1 aromatic carbocycles. The van der Waals surface area contributed by atoms with Gasteiger partial charge in [0.05, 0.1) is 0 Å². The number of Topliss-reactive ketones (excluding diaryl/α,β-unsaturated/α-hetero) is 1. The van der Waals surface area contributed by atoms with Gasteiger partial charge in [-0.3, -0.25) is 9.59 Å². The quantitative estimate of drug-likeness (QED) is 0.715. The number of hydrogen-bond donors (Lipinski definition) is 2. The van der Waals surface area contributed by atoms with Crippen LogP contribution < -0.4 is 10.1 Å². The Kier molecular flexibility index (Phi) is 6.56. The van der Waals surface area contributed by atoms with E-state index in [0.717, 1.165) is 0 Å². The van der Waals surface area contributed by atoms with E-state index in [9.17, 15) is 14.4 Å². The molecule has 6 nitrogen and oxygen atoms in total. The Morgan fingerprint density at radius 2 is 1.95 bits per heavy atom. The van der Waals surface area contributed by atoms with E-state index in [2.05, 4.69) is 5.32 Å². The number of carbonyl (C=O) groups excluding carboxylic acids is 2. The number of ketones is 1. The van der Waals surface area contributed by atoms with Crippen molar-refractivity contribution in [3.8, 4) is 5.75 Å². The molecule has 0 aliphatic heterocycles. The second-order valence-electron chi connectivity index (χ2n) is 5.46. The minimum atomic E-state index is -1.07. The molecule has 120 valence electrons. The lowest BCUT2D eigenvalue weighted by molar-refractivity contribution is -0.142. The predicted molar refractivity (Wildman–Crippen MR) is 81.0 cm³/mol. The van der Waals surface area contributed by atoms with Crippen molar-refractivity contribution in [2.75, 3.05) is 6.61 Å². The number of rotatable bonds is 8. The van der Waals surface area contributed by atoms with Gasteiger partial charge in [-0.1, -0.05) is 26.0 Å². The number of ether oxygens (including phenoxy) is 1. The van der Waals surface area contributed by atoms with Gasteiger partial charge in [0, 0.05) is 5.56 Å². The molecule has 0 spiro atoms. The van der Waals surface area contributed by atoms with Crippen molar-refractivity contribution >= 4 is 17.7 Å². The van der Waals surface area contributed by atoms with Gasteiger partial charge in [-0.05, 0) is 31.4 Å². The van der Waals surface area contributed by atoms with Gasteiger partial charge in [-0.2, -0.15) is 0 Å². The van der Waals surface area contributed by atoms with Crippen molar-refractivity contribution in [2.45, 2.75) is 33.2 Å². The Bertz CT molecular complexity index is 553. The van der Waals surface area contributed by atoms with E-state index in [-0.39, 0.29) is 18.3 Å². The minimum absolute atomic E-state index is 0.0993. The Labute approximate surface area is 129 Å². The number of carbonyl (C=O) groups is 3. The molecule has 0 radical (unpaired) electrons. The van der Waals surface area contributed by atoms with Crippen LogP contribution in [-0.2, 0) is 9.59 Å². The number of carboxylic acids is 1. The lowest BCUT2D eigenvalue weighted by atomic mass is 10.0. The molecule has 0 aliphatic carbocycles. The maximum atomic E-state index is 11.8. The van der Waals surface area contributed by atoms with Crippen LogP contribution in [-0.4, -0.2) is 35.4 Å². The highest BCUT2D eigenvalue weighted by Gasteiger charge is 2.21. The van der Waals surface area contributed by atoms with E-state index >= 15 is 0 Å². The lowest BCUT2D eigenvalue weighted by Gasteiger charge is -2.16. The molecule has 0 saturated carbocycles. The van der Waals surface area contributed by atoms with Gasteiger partial charge in [-0.15, -0.1) is 0 Å². The van der Waals surface area contributed by atoms with Crippen LogP contribution in [0.25, 0.3) is 0 Å². The third-order valence-electron chi connectivity index (χ3n) is 2.95. The second kappa shape index (κ2) is 8.17. The van der Waals surface area contributed by atoms with Gasteiger partial charge in [0.2, 0.25) is 0 Å². The third-order valence-corrected chi connectivity index (χ3v) is 2.95. The summed E-state index contributed by atoms with van der Waals surface area (Å²) in [7, 11) is 0. The van der Waals surface area contributed by atoms with Crippen LogP contribution in [0.4, 0.5) is 0 Å². The number of aliphatic carboxylic acids is 1. The molecule has 1 amide bonds. The maximum Gasteiger partial charge on any atom is 0.326 e. The first kappa shape index (κ1) is 17.7. The zero-order valence-corrected chi connectivity index (χ0v) is 13.0. The first-order chi connectivity index (χ1) is 10.3. The van der Waals surface area contributed by atoms with Crippen molar-refractivity contribution in [3.05, 3.63) is 29.8 Å². The van der Waals surface area contributed by atoms with Crippen LogP contribution in [0.1, 0.15) is 37.6 Å². The van der Waals surface area contributed by atoms with Crippen molar-refractivity contribution < 1.29 is 24.2 Å². The van der Waals surface area contributed by atoms with Gasteiger partial charge < -0.3 is 15.2 Å². The van der Waals surface area contributed by atoms with Gasteiger partial charge in [-0.25, -0.2) is 4.79 Å². The van der Waals surface area contributed by atoms with E-state index in [4.69, 9.17) is 9.84 Å². The average Bonchev–Trinajstić information content (AvgIpc) is 2.44. The highest BCUT2D eigenvalue weighted by molar-refractivity contribution is 5.94. The van der Waals surface area contributed by atoms with E-state index in [1.165, 1.54) is 6.92 Å². The summed E-state index contributed by atoms with van der Waals surface area (Å²) in [4.78, 5) is 34.1. The van der Waals surface area contributed by atoms with E-state index < -0.39 is 17.9 Å². The van der Waals surface area contributed by atoms with Gasteiger partial charge in [0.25, 0.3) is 5.91 Å². The summed E-state index contributed by atoms with van der Waals surface area (Å²) in [5, 5.41) is 11.5. The summed E-state index contributed by atoms with van der Waals surface area (Å²) in [5.41, 5.74) is 0.487. The first-order valence-electron chi connectivity index (χ1n) is 7.05. The summed E-state index contributed by atoms with van der Waals surface area (Å²) in [6.07, 6.45) is 0.348. The Hall–Kier alpha value is -2.37. The van der Waals surface area contributed by atoms with E-state index in [1.807, 2.05) is 13.8 Å². The van der Waals surface area contributed by atoms with E-state index in [0.29, 0.717) is 17.7 Å². The largest absolute Gasteiger partial charge is 0.484 e. The fourth-order valence-corrected chi connectivity index (χ4v) is 1.88. The highest BCUT2D eigenvalue weighted by atomic mass is 16.5. The standard InChI is InChI=1S/C16H21NO5/c1-10(2)7-14(16(20)21)17-15(19)9-22-13-6-4-5-12(8-13)11(3)18/h4-6,8,10,14H,7,9H2,1-3H3,(H,17,19)(H,20,21)/t14-/m1/s1. The van der Waals surface area contributed by atoms with Gasteiger partial charge in [0.1, 0.15) is 11.8 Å². The fraction of sp³-hybridized carbons (Fsp3) is 0.438. The number of carboxylic acid groups (broad SMARTS) is 1.